The van der Waals surface area contributed by atoms with E-state index in [0.717, 1.165) is 38.4 Å². The molecule has 1 aliphatic rings. The number of fused-ring (bicyclic) bond motifs is 3. The Kier molecular flexibility index (Phi) is 7.06. The maximum absolute atomic E-state index is 14.3. The highest BCUT2D eigenvalue weighted by molar-refractivity contribution is 7.07. The number of esters is 1. The van der Waals surface area contributed by atoms with Gasteiger partial charge in [0.2, 0.25) is 0 Å². The van der Waals surface area contributed by atoms with E-state index in [0.29, 0.717) is 27.1 Å². The Morgan fingerprint density at radius 3 is 2.50 bits per heavy atom. The van der Waals surface area contributed by atoms with E-state index >= 15 is 0 Å². The fourth-order valence-electron chi connectivity index (χ4n) is 6.02. The van der Waals surface area contributed by atoms with E-state index in [4.69, 9.17) is 9.73 Å². The Hall–Kier alpha value is -5.08. The van der Waals surface area contributed by atoms with Gasteiger partial charge in [0.15, 0.2) is 4.80 Å². The van der Waals surface area contributed by atoms with Gasteiger partial charge in [-0.05, 0) is 60.0 Å². The van der Waals surface area contributed by atoms with Crippen LogP contribution >= 0.6 is 11.3 Å². The van der Waals surface area contributed by atoms with Crippen molar-refractivity contribution in [1.82, 2.24) is 9.13 Å². The lowest BCUT2D eigenvalue weighted by Crippen LogP contribution is -2.40. The number of para-hydroxylation sites is 1. The molecule has 1 aliphatic heterocycles. The smallest absolute Gasteiger partial charge is 0.338 e. The SMILES string of the molecule is CCOC(=O)C1=C(C)N=c2s/c(=C\c3cn(Cc4ccc(F)cc4)c4ccccc34)c(=O)n2[C@H]1c1cccc2ccccc12. The summed E-state index contributed by atoms with van der Waals surface area (Å²) < 4.78 is 23.3. The fraction of sp³-hybridized carbons (Fsp3) is 0.139. The Balaban J connectivity index is 1.42. The predicted octanol–water partition coefficient (Wildman–Crippen LogP) is 6.09. The van der Waals surface area contributed by atoms with Crippen molar-refractivity contribution in [3.63, 3.8) is 0 Å². The highest BCUT2D eigenvalue weighted by atomic mass is 32.1. The summed E-state index contributed by atoms with van der Waals surface area (Å²) in [6.07, 6.45) is 3.92. The van der Waals surface area contributed by atoms with Gasteiger partial charge in [0.05, 0.1) is 28.5 Å². The Morgan fingerprint density at radius 2 is 1.70 bits per heavy atom. The van der Waals surface area contributed by atoms with Crippen molar-refractivity contribution in [3.8, 4) is 0 Å². The summed E-state index contributed by atoms with van der Waals surface area (Å²) in [5.41, 5.74) is 4.36. The number of ether oxygens (including phenoxy) is 1. The van der Waals surface area contributed by atoms with Gasteiger partial charge in [0.1, 0.15) is 5.82 Å². The van der Waals surface area contributed by atoms with Crippen LogP contribution in [0.25, 0.3) is 27.8 Å². The third-order valence-electron chi connectivity index (χ3n) is 8.01. The van der Waals surface area contributed by atoms with E-state index in [2.05, 4.69) is 4.57 Å². The Morgan fingerprint density at radius 1 is 0.977 bits per heavy atom. The maximum Gasteiger partial charge on any atom is 0.338 e. The van der Waals surface area contributed by atoms with Gasteiger partial charge >= 0.3 is 5.97 Å². The molecule has 7 rings (SSSR count). The van der Waals surface area contributed by atoms with Crippen molar-refractivity contribution >= 4 is 45.1 Å². The van der Waals surface area contributed by atoms with Crippen LogP contribution in [-0.2, 0) is 16.1 Å². The van der Waals surface area contributed by atoms with Crippen molar-refractivity contribution in [2.24, 2.45) is 4.99 Å². The number of thiazole rings is 1. The second-order valence-corrected chi connectivity index (χ2v) is 11.7. The second-order valence-electron chi connectivity index (χ2n) is 10.7. The number of nitrogens with zero attached hydrogens (tertiary/aromatic N) is 3. The molecule has 1 atom stereocenters. The molecule has 0 radical (unpaired) electrons. The molecule has 0 fully saturated rings. The number of allylic oxidation sites excluding steroid dienone is 1. The maximum atomic E-state index is 14.3. The third-order valence-corrected chi connectivity index (χ3v) is 8.99. The largest absolute Gasteiger partial charge is 0.463 e. The lowest BCUT2D eigenvalue weighted by atomic mass is 9.91. The number of aromatic nitrogens is 2. The molecule has 0 N–H and O–H groups in total. The average molecular weight is 602 g/mol. The Bertz CT molecular complexity index is 2290. The molecular formula is C36H28FN3O3S. The normalized spacial score (nSPS) is 15.1. The number of benzene rings is 4. The predicted molar refractivity (Wildman–Crippen MR) is 172 cm³/mol. The molecule has 0 unspecified atom stereocenters. The first-order valence-corrected chi connectivity index (χ1v) is 15.2. The molecule has 0 amide bonds. The van der Waals surface area contributed by atoms with Crippen molar-refractivity contribution < 1.29 is 13.9 Å². The highest BCUT2D eigenvalue weighted by Gasteiger charge is 2.34. The molecule has 0 spiro atoms. The monoisotopic (exact) mass is 601 g/mol. The zero-order valence-corrected chi connectivity index (χ0v) is 25.0. The summed E-state index contributed by atoms with van der Waals surface area (Å²) >= 11 is 1.31. The second kappa shape index (κ2) is 11.2. The summed E-state index contributed by atoms with van der Waals surface area (Å²) in [7, 11) is 0. The minimum Gasteiger partial charge on any atom is -0.463 e. The number of halogens is 1. The van der Waals surface area contributed by atoms with E-state index in [-0.39, 0.29) is 18.0 Å². The van der Waals surface area contributed by atoms with Gasteiger partial charge in [-0.25, -0.2) is 14.2 Å². The average Bonchev–Trinajstić information content (AvgIpc) is 3.53. The van der Waals surface area contributed by atoms with Crippen LogP contribution in [0.2, 0.25) is 0 Å². The first-order valence-electron chi connectivity index (χ1n) is 14.4. The van der Waals surface area contributed by atoms with Gasteiger partial charge in [-0.2, -0.15) is 0 Å². The number of hydrogen-bond donors (Lipinski definition) is 0. The summed E-state index contributed by atoms with van der Waals surface area (Å²) in [4.78, 5) is 33.0. The van der Waals surface area contributed by atoms with Gasteiger partial charge in [-0.15, -0.1) is 0 Å². The van der Waals surface area contributed by atoms with E-state index in [1.54, 1.807) is 30.5 Å². The molecule has 6 aromatic rings. The topological polar surface area (TPSA) is 65.6 Å². The zero-order chi connectivity index (χ0) is 30.4. The van der Waals surface area contributed by atoms with Gasteiger partial charge in [-0.1, -0.05) is 84.1 Å². The first kappa shape index (κ1) is 27.7. The number of hydrogen-bond acceptors (Lipinski definition) is 5. The summed E-state index contributed by atoms with van der Waals surface area (Å²) in [6.45, 7) is 4.33. The van der Waals surface area contributed by atoms with Crippen LogP contribution in [0.4, 0.5) is 4.39 Å². The molecule has 8 heteroatoms. The molecule has 3 heterocycles. The molecular weight excluding hydrogens is 573 g/mol. The number of carbonyl (C=O) groups is 1. The van der Waals surface area contributed by atoms with Crippen LogP contribution < -0.4 is 14.9 Å². The number of carbonyl (C=O) groups excluding carboxylic acids is 1. The van der Waals surface area contributed by atoms with Crippen molar-refractivity contribution in [1.29, 1.82) is 0 Å². The van der Waals surface area contributed by atoms with Crippen LogP contribution in [0.1, 0.15) is 36.6 Å². The molecule has 44 heavy (non-hydrogen) atoms. The molecule has 0 bridgehead atoms. The summed E-state index contributed by atoms with van der Waals surface area (Å²) in [5, 5.41) is 2.96. The lowest BCUT2D eigenvalue weighted by molar-refractivity contribution is -0.139. The summed E-state index contributed by atoms with van der Waals surface area (Å²) in [6, 6.07) is 27.7. The molecule has 2 aromatic heterocycles. The minimum atomic E-state index is -0.696. The molecule has 6 nitrogen and oxygen atoms in total. The quantitative estimate of drug-likeness (QED) is 0.217. The Labute approximate surface area is 256 Å². The minimum absolute atomic E-state index is 0.213. The molecule has 0 saturated heterocycles. The summed E-state index contributed by atoms with van der Waals surface area (Å²) in [5.74, 6) is -0.754. The van der Waals surface area contributed by atoms with Crippen molar-refractivity contribution in [2.75, 3.05) is 6.61 Å². The van der Waals surface area contributed by atoms with Crippen LogP contribution in [0.15, 0.2) is 118 Å². The van der Waals surface area contributed by atoms with E-state index in [9.17, 15) is 14.0 Å². The van der Waals surface area contributed by atoms with Gasteiger partial charge < -0.3 is 9.30 Å². The van der Waals surface area contributed by atoms with Gasteiger partial charge in [0.25, 0.3) is 5.56 Å². The fourth-order valence-corrected chi connectivity index (χ4v) is 7.06. The van der Waals surface area contributed by atoms with Crippen LogP contribution in [0, 0.1) is 5.82 Å². The van der Waals surface area contributed by atoms with Gasteiger partial charge in [0, 0.05) is 29.2 Å². The third kappa shape index (κ3) is 4.77. The van der Waals surface area contributed by atoms with Gasteiger partial charge in [-0.3, -0.25) is 9.36 Å². The molecule has 0 saturated carbocycles. The number of rotatable bonds is 6. The van der Waals surface area contributed by atoms with Crippen LogP contribution in [0.3, 0.4) is 0 Å². The highest BCUT2D eigenvalue weighted by Crippen LogP contribution is 2.35. The van der Waals surface area contributed by atoms with Crippen LogP contribution in [0.5, 0.6) is 0 Å². The zero-order valence-electron chi connectivity index (χ0n) is 24.2. The molecule has 4 aromatic carbocycles. The van der Waals surface area contributed by atoms with E-state index in [1.165, 1.54) is 23.5 Å². The van der Waals surface area contributed by atoms with E-state index < -0.39 is 12.0 Å². The standard InChI is InChI=1S/C36H28FN3O3S/c1-3-43-35(42)32-22(2)38-36-40(33(32)29-13-8-10-24-9-4-5-11-27(24)29)34(41)31(44-36)19-25-21-39(30-14-7-6-12-28(25)30)20-23-15-17-26(37)18-16-23/h4-19,21,33H,3,20H2,1-2H3/b31-19-/t33-/m0/s1. The first-order chi connectivity index (χ1) is 21.4. The lowest BCUT2D eigenvalue weighted by Gasteiger charge is -2.25. The van der Waals surface area contributed by atoms with Crippen LogP contribution in [-0.4, -0.2) is 21.7 Å². The molecule has 0 aliphatic carbocycles. The van der Waals surface area contributed by atoms with E-state index in [1.807, 2.05) is 79.0 Å². The molecule has 218 valence electrons. The van der Waals surface area contributed by atoms with Crippen molar-refractivity contribution in [3.05, 3.63) is 151 Å². The van der Waals surface area contributed by atoms with Crippen molar-refractivity contribution in [2.45, 2.75) is 26.4 Å².